The summed E-state index contributed by atoms with van der Waals surface area (Å²) < 4.78 is 2.01. The van der Waals surface area contributed by atoms with Gasteiger partial charge >= 0.3 is 0 Å². The van der Waals surface area contributed by atoms with Gasteiger partial charge in [0.15, 0.2) is 0 Å². The Morgan fingerprint density at radius 1 is 1.38 bits per heavy atom. The van der Waals surface area contributed by atoms with Crippen molar-refractivity contribution in [3.8, 4) is 5.75 Å². The van der Waals surface area contributed by atoms with Crippen LogP contribution < -0.4 is 5.32 Å². The maximum absolute atomic E-state index is 9.29. The summed E-state index contributed by atoms with van der Waals surface area (Å²) in [6.45, 7) is 3.15. The fourth-order valence-electron chi connectivity index (χ4n) is 2.91. The van der Waals surface area contributed by atoms with Crippen molar-refractivity contribution in [1.82, 2.24) is 20.1 Å². The van der Waals surface area contributed by atoms with Gasteiger partial charge in [-0.05, 0) is 43.9 Å². The summed E-state index contributed by atoms with van der Waals surface area (Å²) in [5, 5.41) is 17.2. The van der Waals surface area contributed by atoms with Crippen molar-refractivity contribution >= 4 is 0 Å². The number of fused-ring (bicyclic) bond motifs is 1. The SMILES string of the molecule is C[C@@H](CCc1ccc(O)cc1)N[C@H]1CCc2ncnn2C1. The molecule has 0 saturated heterocycles. The van der Waals surface area contributed by atoms with E-state index >= 15 is 0 Å². The number of benzene rings is 1. The predicted molar refractivity (Wildman–Crippen MR) is 81.2 cm³/mol. The molecule has 0 amide bonds. The van der Waals surface area contributed by atoms with E-state index in [0.29, 0.717) is 17.8 Å². The lowest BCUT2D eigenvalue weighted by molar-refractivity contribution is 0.326. The average molecular weight is 286 g/mol. The highest BCUT2D eigenvalue weighted by molar-refractivity contribution is 5.25. The van der Waals surface area contributed by atoms with Crippen molar-refractivity contribution < 1.29 is 5.11 Å². The van der Waals surface area contributed by atoms with Crippen LogP contribution in [0.5, 0.6) is 5.75 Å². The van der Waals surface area contributed by atoms with Crippen molar-refractivity contribution in [2.24, 2.45) is 0 Å². The van der Waals surface area contributed by atoms with Crippen molar-refractivity contribution in [3.63, 3.8) is 0 Å². The third-order valence-corrected chi connectivity index (χ3v) is 4.13. The number of hydrogen-bond acceptors (Lipinski definition) is 4. The standard InChI is InChI=1S/C16H22N4O/c1-12(2-3-13-4-7-15(21)8-5-13)19-14-6-9-16-17-11-18-20(16)10-14/h4-5,7-8,11-12,14,19,21H,2-3,6,9-10H2,1H3/t12-,14-/m0/s1. The molecule has 1 aliphatic heterocycles. The monoisotopic (exact) mass is 286 g/mol. The Morgan fingerprint density at radius 3 is 3.00 bits per heavy atom. The highest BCUT2D eigenvalue weighted by Gasteiger charge is 2.20. The molecule has 1 aromatic carbocycles. The molecule has 3 rings (SSSR count). The first-order chi connectivity index (χ1) is 10.2. The van der Waals surface area contributed by atoms with Crippen molar-refractivity contribution in [1.29, 1.82) is 0 Å². The molecule has 0 bridgehead atoms. The summed E-state index contributed by atoms with van der Waals surface area (Å²) in [5.41, 5.74) is 1.27. The molecule has 112 valence electrons. The van der Waals surface area contributed by atoms with E-state index in [1.165, 1.54) is 5.56 Å². The molecule has 2 N–H and O–H groups in total. The largest absolute Gasteiger partial charge is 0.508 e. The molecule has 0 fully saturated rings. The highest BCUT2D eigenvalue weighted by atomic mass is 16.3. The Morgan fingerprint density at radius 2 is 2.19 bits per heavy atom. The van der Waals surface area contributed by atoms with Crippen LogP contribution in [0.15, 0.2) is 30.6 Å². The number of hydrogen-bond donors (Lipinski definition) is 2. The van der Waals surface area contributed by atoms with Gasteiger partial charge in [-0.25, -0.2) is 9.67 Å². The van der Waals surface area contributed by atoms with Crippen molar-refractivity contribution in [2.75, 3.05) is 0 Å². The van der Waals surface area contributed by atoms with Gasteiger partial charge in [-0.3, -0.25) is 0 Å². The van der Waals surface area contributed by atoms with Crippen LogP contribution in [0.25, 0.3) is 0 Å². The molecule has 1 aliphatic rings. The van der Waals surface area contributed by atoms with Crippen LogP contribution >= 0.6 is 0 Å². The van der Waals surface area contributed by atoms with E-state index in [0.717, 1.165) is 38.1 Å². The lowest BCUT2D eigenvalue weighted by Crippen LogP contribution is -2.42. The van der Waals surface area contributed by atoms with Gasteiger partial charge in [-0.1, -0.05) is 12.1 Å². The average Bonchev–Trinajstić information content (AvgIpc) is 2.94. The van der Waals surface area contributed by atoms with E-state index in [1.807, 2.05) is 16.8 Å². The summed E-state index contributed by atoms with van der Waals surface area (Å²) in [6.07, 6.45) is 5.89. The minimum Gasteiger partial charge on any atom is -0.508 e. The van der Waals surface area contributed by atoms with Crippen LogP contribution in [0, 0.1) is 0 Å². The normalized spacial score (nSPS) is 19.2. The molecule has 0 spiro atoms. The Kier molecular flexibility index (Phi) is 4.20. The van der Waals surface area contributed by atoms with E-state index in [-0.39, 0.29) is 0 Å². The number of nitrogens with zero attached hydrogens (tertiary/aromatic N) is 3. The maximum Gasteiger partial charge on any atom is 0.138 e. The van der Waals surface area contributed by atoms with E-state index < -0.39 is 0 Å². The second-order valence-corrected chi connectivity index (χ2v) is 5.87. The molecule has 0 radical (unpaired) electrons. The molecule has 2 aromatic rings. The first-order valence-corrected chi connectivity index (χ1v) is 7.61. The summed E-state index contributed by atoms with van der Waals surface area (Å²) in [6, 6.07) is 8.43. The third kappa shape index (κ3) is 3.61. The zero-order valence-corrected chi connectivity index (χ0v) is 12.4. The zero-order valence-electron chi connectivity index (χ0n) is 12.4. The van der Waals surface area contributed by atoms with E-state index in [2.05, 4.69) is 22.3 Å². The molecular formula is C16H22N4O. The maximum atomic E-state index is 9.29. The number of phenols is 1. The number of aryl methyl sites for hydroxylation is 2. The first-order valence-electron chi connectivity index (χ1n) is 7.61. The Balaban J connectivity index is 1.46. The molecule has 1 aromatic heterocycles. The van der Waals surface area contributed by atoms with E-state index in [4.69, 9.17) is 0 Å². The number of rotatable bonds is 5. The smallest absolute Gasteiger partial charge is 0.138 e. The Labute approximate surface area is 125 Å². The van der Waals surface area contributed by atoms with Gasteiger partial charge in [-0.15, -0.1) is 0 Å². The van der Waals surface area contributed by atoms with Crippen LogP contribution in [0.3, 0.4) is 0 Å². The first kappa shape index (κ1) is 14.1. The lowest BCUT2D eigenvalue weighted by atomic mass is 10.0. The molecule has 2 atom stereocenters. The number of nitrogens with one attached hydrogen (secondary N) is 1. The molecule has 5 nitrogen and oxygen atoms in total. The fraction of sp³-hybridized carbons (Fsp3) is 0.500. The van der Waals surface area contributed by atoms with Crippen LogP contribution in [0.2, 0.25) is 0 Å². The van der Waals surface area contributed by atoms with Crippen LogP contribution in [-0.4, -0.2) is 32.0 Å². The second kappa shape index (κ2) is 6.26. The van der Waals surface area contributed by atoms with E-state index in [1.54, 1.807) is 18.5 Å². The predicted octanol–water partition coefficient (Wildman–Crippen LogP) is 1.91. The molecule has 2 heterocycles. The quantitative estimate of drug-likeness (QED) is 0.881. The second-order valence-electron chi connectivity index (χ2n) is 5.87. The van der Waals surface area contributed by atoms with Crippen LogP contribution in [0.1, 0.15) is 31.2 Å². The molecule has 0 saturated carbocycles. The summed E-state index contributed by atoms with van der Waals surface area (Å²) in [4.78, 5) is 4.26. The molecule has 0 unspecified atom stereocenters. The van der Waals surface area contributed by atoms with Gasteiger partial charge in [0.2, 0.25) is 0 Å². The van der Waals surface area contributed by atoms with Crippen molar-refractivity contribution in [2.45, 2.75) is 51.2 Å². The van der Waals surface area contributed by atoms with Gasteiger partial charge in [0.1, 0.15) is 17.9 Å². The third-order valence-electron chi connectivity index (χ3n) is 4.13. The van der Waals surface area contributed by atoms with Gasteiger partial charge in [0.25, 0.3) is 0 Å². The van der Waals surface area contributed by atoms with Gasteiger partial charge in [0.05, 0.1) is 6.54 Å². The molecule has 5 heteroatoms. The summed E-state index contributed by atoms with van der Waals surface area (Å²) in [5.74, 6) is 1.43. The molecule has 0 aliphatic carbocycles. The summed E-state index contributed by atoms with van der Waals surface area (Å²) >= 11 is 0. The van der Waals surface area contributed by atoms with Gasteiger partial charge in [0, 0.05) is 18.5 Å². The number of phenolic OH excluding ortho intramolecular Hbond substituents is 1. The number of aromatic nitrogens is 3. The minimum absolute atomic E-state index is 0.329. The Hall–Kier alpha value is -1.88. The minimum atomic E-state index is 0.329. The molecular weight excluding hydrogens is 264 g/mol. The van der Waals surface area contributed by atoms with Crippen LogP contribution in [-0.2, 0) is 19.4 Å². The van der Waals surface area contributed by atoms with Gasteiger partial charge < -0.3 is 10.4 Å². The molecule has 21 heavy (non-hydrogen) atoms. The van der Waals surface area contributed by atoms with Gasteiger partial charge in [-0.2, -0.15) is 5.10 Å². The summed E-state index contributed by atoms with van der Waals surface area (Å²) in [7, 11) is 0. The Bertz CT molecular complexity index is 578. The highest BCUT2D eigenvalue weighted by Crippen LogP contribution is 2.14. The fourth-order valence-corrected chi connectivity index (χ4v) is 2.91. The van der Waals surface area contributed by atoms with E-state index in [9.17, 15) is 5.11 Å². The van der Waals surface area contributed by atoms with Crippen LogP contribution in [0.4, 0.5) is 0 Å². The zero-order chi connectivity index (χ0) is 14.7. The number of aromatic hydroxyl groups is 1. The lowest BCUT2D eigenvalue weighted by Gasteiger charge is -2.27. The topological polar surface area (TPSA) is 63.0 Å². The van der Waals surface area contributed by atoms with Crippen molar-refractivity contribution in [3.05, 3.63) is 42.0 Å².